The number of anilines is 1. The molecule has 1 aliphatic heterocycles. The van der Waals surface area contributed by atoms with E-state index in [1.54, 1.807) is 42.5 Å². The number of halogens is 3. The minimum Gasteiger partial charge on any atom is -0.493 e. The van der Waals surface area contributed by atoms with E-state index >= 15 is 0 Å². The van der Waals surface area contributed by atoms with Crippen LogP contribution < -0.4 is 14.8 Å². The van der Waals surface area contributed by atoms with Crippen molar-refractivity contribution in [2.75, 3.05) is 19.0 Å². The summed E-state index contributed by atoms with van der Waals surface area (Å²) in [5.41, 5.74) is 2.94. The number of ether oxygens (including phenoxy) is 2. The molecule has 196 valence electrons. The summed E-state index contributed by atoms with van der Waals surface area (Å²) >= 11 is 14.9. The molecule has 0 aromatic heterocycles. The summed E-state index contributed by atoms with van der Waals surface area (Å²) in [5.74, 6) is -0.0188. The molecule has 1 saturated heterocycles. The van der Waals surface area contributed by atoms with E-state index < -0.39 is 23.6 Å². The quantitative estimate of drug-likeness (QED) is 0.200. The number of amides is 3. The van der Waals surface area contributed by atoms with Crippen molar-refractivity contribution >= 4 is 86.4 Å². The molecule has 0 aliphatic carbocycles. The fourth-order valence-electron chi connectivity index (χ4n) is 3.50. The van der Waals surface area contributed by atoms with Crippen LogP contribution in [0.2, 0.25) is 10.0 Å². The van der Waals surface area contributed by atoms with Gasteiger partial charge in [0.2, 0.25) is 5.91 Å². The summed E-state index contributed by atoms with van der Waals surface area (Å²) < 4.78 is 12.3. The van der Waals surface area contributed by atoms with Gasteiger partial charge in [0, 0.05) is 15.7 Å². The van der Waals surface area contributed by atoms with E-state index in [4.69, 9.17) is 32.7 Å². The Morgan fingerprint density at radius 3 is 2.53 bits per heavy atom. The second kappa shape index (κ2) is 12.4. The molecule has 3 aromatic carbocycles. The molecule has 0 unspecified atom stereocenters. The Morgan fingerprint density at radius 2 is 1.84 bits per heavy atom. The highest BCUT2D eigenvalue weighted by molar-refractivity contribution is 14.1. The molecule has 0 radical (unpaired) electrons. The van der Waals surface area contributed by atoms with Gasteiger partial charge in [-0.3, -0.25) is 19.3 Å². The van der Waals surface area contributed by atoms with Gasteiger partial charge in [-0.25, -0.2) is 0 Å². The second-order valence-corrected chi connectivity index (χ2v) is 11.2. The smallest absolute Gasteiger partial charge is 0.294 e. The Balaban J connectivity index is 1.46. The van der Waals surface area contributed by atoms with E-state index in [1.165, 1.54) is 7.11 Å². The van der Waals surface area contributed by atoms with Gasteiger partial charge in [-0.15, -0.1) is 0 Å². The van der Waals surface area contributed by atoms with Gasteiger partial charge in [0.25, 0.3) is 11.1 Å². The van der Waals surface area contributed by atoms with E-state index in [0.717, 1.165) is 31.4 Å². The number of imide groups is 1. The molecule has 0 bridgehead atoms. The van der Waals surface area contributed by atoms with Crippen LogP contribution >= 0.6 is 57.6 Å². The minimum absolute atomic E-state index is 0.203. The highest BCUT2D eigenvalue weighted by Crippen LogP contribution is 2.37. The summed E-state index contributed by atoms with van der Waals surface area (Å²) in [4.78, 5) is 39.1. The first-order valence-corrected chi connectivity index (χ1v) is 13.9. The van der Waals surface area contributed by atoms with Crippen molar-refractivity contribution < 1.29 is 23.9 Å². The first kappa shape index (κ1) is 28.3. The maximum absolute atomic E-state index is 12.9. The van der Waals surface area contributed by atoms with E-state index in [9.17, 15) is 14.4 Å². The van der Waals surface area contributed by atoms with E-state index in [0.29, 0.717) is 39.4 Å². The summed E-state index contributed by atoms with van der Waals surface area (Å²) in [7, 11) is 1.53. The number of nitrogens with zero attached hydrogens (tertiary/aromatic N) is 1. The lowest BCUT2D eigenvalue weighted by Gasteiger charge is -2.14. The summed E-state index contributed by atoms with van der Waals surface area (Å²) in [5, 5.41) is 3.28. The number of methoxy groups -OCH3 is 1. The highest BCUT2D eigenvalue weighted by Gasteiger charge is 2.36. The van der Waals surface area contributed by atoms with E-state index in [1.807, 2.05) is 25.1 Å². The lowest BCUT2D eigenvalue weighted by atomic mass is 10.1. The molecule has 4 rings (SSSR count). The van der Waals surface area contributed by atoms with Crippen molar-refractivity contribution in [2.45, 2.75) is 13.5 Å². The normalized spacial score (nSPS) is 14.2. The zero-order valence-corrected chi connectivity index (χ0v) is 24.7. The molecule has 1 fully saturated rings. The van der Waals surface area contributed by atoms with Crippen molar-refractivity contribution in [1.29, 1.82) is 0 Å². The van der Waals surface area contributed by atoms with Crippen molar-refractivity contribution in [3.05, 3.63) is 89.8 Å². The van der Waals surface area contributed by atoms with Crippen LogP contribution in [0.1, 0.15) is 16.7 Å². The van der Waals surface area contributed by atoms with Crippen LogP contribution in [0.5, 0.6) is 11.5 Å². The number of rotatable bonds is 8. The third kappa shape index (κ3) is 6.82. The topological polar surface area (TPSA) is 84.9 Å². The largest absolute Gasteiger partial charge is 0.493 e. The number of carbonyl (C=O) groups is 3. The first-order valence-electron chi connectivity index (χ1n) is 11.2. The molecule has 1 N–H and O–H groups in total. The van der Waals surface area contributed by atoms with Crippen LogP contribution in [0, 0.1) is 10.5 Å². The lowest BCUT2D eigenvalue weighted by molar-refractivity contribution is -0.127. The Hall–Kier alpha value is -2.73. The number of hydrogen-bond acceptors (Lipinski definition) is 6. The van der Waals surface area contributed by atoms with Crippen molar-refractivity contribution in [3.8, 4) is 11.5 Å². The molecule has 7 nitrogen and oxygen atoms in total. The summed E-state index contributed by atoms with van der Waals surface area (Å²) in [6.07, 6.45) is 1.59. The first-order chi connectivity index (χ1) is 18.1. The van der Waals surface area contributed by atoms with Crippen LogP contribution in [-0.2, 0) is 16.2 Å². The summed E-state index contributed by atoms with van der Waals surface area (Å²) in [6, 6.07) is 16.0. The molecule has 1 aliphatic rings. The molecule has 38 heavy (non-hydrogen) atoms. The van der Waals surface area contributed by atoms with Gasteiger partial charge < -0.3 is 14.8 Å². The van der Waals surface area contributed by atoms with Gasteiger partial charge in [-0.05, 0) is 100 Å². The number of benzene rings is 3. The monoisotopic (exact) mass is 682 g/mol. The maximum atomic E-state index is 12.9. The van der Waals surface area contributed by atoms with E-state index in [-0.39, 0.29) is 4.91 Å². The number of nitrogens with one attached hydrogen (secondary N) is 1. The molecular formula is C27H21Cl2IN2O5S. The molecule has 1 heterocycles. The van der Waals surface area contributed by atoms with Crippen molar-refractivity contribution in [2.24, 2.45) is 0 Å². The van der Waals surface area contributed by atoms with Crippen LogP contribution in [0.4, 0.5) is 10.5 Å². The van der Waals surface area contributed by atoms with Gasteiger partial charge in [-0.1, -0.05) is 41.4 Å². The van der Waals surface area contributed by atoms with E-state index in [2.05, 4.69) is 27.9 Å². The average molecular weight is 683 g/mol. The Kier molecular flexibility index (Phi) is 9.24. The molecule has 3 amide bonds. The standard InChI is InChI=1S/C27H21Cl2IN2O5S/c1-15-3-8-19(12-20(15)29)31-24(33)13-32-26(34)23(38-27(32)35)11-17-9-21(30)25(22(10-17)36-2)37-14-16-4-6-18(28)7-5-16/h3-12H,13-14H2,1-2H3,(H,31,33)/b23-11+. The average Bonchev–Trinajstić information content (AvgIpc) is 3.13. The molecule has 0 spiro atoms. The molecule has 0 atom stereocenters. The highest BCUT2D eigenvalue weighted by atomic mass is 127. The Labute approximate surface area is 247 Å². The van der Waals surface area contributed by atoms with Gasteiger partial charge in [0.1, 0.15) is 13.2 Å². The third-order valence-corrected chi connectivity index (χ3v) is 7.84. The Morgan fingerprint density at radius 1 is 1.11 bits per heavy atom. The van der Waals surface area contributed by atoms with Gasteiger partial charge in [0.05, 0.1) is 15.6 Å². The molecule has 3 aromatic rings. The van der Waals surface area contributed by atoms with Crippen LogP contribution in [0.25, 0.3) is 6.08 Å². The van der Waals surface area contributed by atoms with Gasteiger partial charge >= 0.3 is 0 Å². The van der Waals surface area contributed by atoms with Crippen molar-refractivity contribution in [3.63, 3.8) is 0 Å². The zero-order valence-electron chi connectivity index (χ0n) is 20.2. The third-order valence-electron chi connectivity index (χ3n) is 5.48. The minimum atomic E-state index is -0.547. The van der Waals surface area contributed by atoms with Crippen LogP contribution in [0.15, 0.2) is 59.5 Å². The molecular weight excluding hydrogens is 662 g/mol. The van der Waals surface area contributed by atoms with Gasteiger partial charge in [-0.2, -0.15) is 0 Å². The number of carbonyl (C=O) groups excluding carboxylic acids is 3. The number of hydrogen-bond donors (Lipinski definition) is 1. The zero-order chi connectivity index (χ0) is 27.4. The fourth-order valence-corrected chi connectivity index (χ4v) is 5.43. The second-order valence-electron chi connectivity index (χ2n) is 8.23. The number of thioether (sulfide) groups is 1. The van der Waals surface area contributed by atoms with Crippen molar-refractivity contribution in [1.82, 2.24) is 4.90 Å². The Bertz CT molecular complexity index is 1450. The predicted octanol–water partition coefficient (Wildman–Crippen LogP) is 7.17. The van der Waals surface area contributed by atoms with Crippen LogP contribution in [0.3, 0.4) is 0 Å². The molecule has 11 heteroatoms. The SMILES string of the molecule is COc1cc(/C=C2/SC(=O)N(CC(=O)Nc3ccc(C)c(Cl)c3)C2=O)cc(I)c1OCc1ccc(Cl)cc1. The lowest BCUT2D eigenvalue weighted by Crippen LogP contribution is -2.36. The maximum Gasteiger partial charge on any atom is 0.294 e. The number of aryl methyl sites for hydroxylation is 1. The van der Waals surface area contributed by atoms with Crippen LogP contribution in [-0.4, -0.2) is 35.6 Å². The summed E-state index contributed by atoms with van der Waals surface area (Å²) in [6.45, 7) is 1.75. The predicted molar refractivity (Wildman–Crippen MR) is 159 cm³/mol. The fraction of sp³-hybridized carbons (Fsp3) is 0.148. The van der Waals surface area contributed by atoms with Gasteiger partial charge in [0.15, 0.2) is 11.5 Å². The molecule has 0 saturated carbocycles.